The summed E-state index contributed by atoms with van der Waals surface area (Å²) in [7, 11) is 1.85. The fourth-order valence-electron chi connectivity index (χ4n) is 3.84. The van der Waals surface area contributed by atoms with E-state index in [1.807, 2.05) is 30.6 Å². The van der Waals surface area contributed by atoms with Crippen molar-refractivity contribution in [2.75, 3.05) is 7.05 Å². The summed E-state index contributed by atoms with van der Waals surface area (Å²) in [5.41, 5.74) is 4.79. The van der Waals surface area contributed by atoms with Gasteiger partial charge in [0.15, 0.2) is 0 Å². The molecule has 6 heteroatoms. The summed E-state index contributed by atoms with van der Waals surface area (Å²) in [5.74, 6) is 1.65. The van der Waals surface area contributed by atoms with Gasteiger partial charge in [-0.3, -0.25) is 4.79 Å². The largest absolute Gasteiger partial charge is 0.338 e. The summed E-state index contributed by atoms with van der Waals surface area (Å²) < 4.78 is 2.14. The predicted octanol–water partition coefficient (Wildman–Crippen LogP) is 4.20. The van der Waals surface area contributed by atoms with Crippen LogP contribution in [0.15, 0.2) is 35.2 Å². The van der Waals surface area contributed by atoms with Crippen LogP contribution in [0.2, 0.25) is 0 Å². The van der Waals surface area contributed by atoms with Crippen molar-refractivity contribution in [2.24, 2.45) is 0 Å². The van der Waals surface area contributed by atoms with Crippen LogP contribution in [0.5, 0.6) is 0 Å². The number of aromatic nitrogens is 3. The van der Waals surface area contributed by atoms with Crippen LogP contribution < -0.4 is 0 Å². The number of hydrogen-bond acceptors (Lipinski definition) is 4. The van der Waals surface area contributed by atoms with E-state index in [1.54, 1.807) is 21.7 Å². The Bertz CT molecular complexity index is 880. The normalized spacial score (nSPS) is 15.4. The topological polar surface area (TPSA) is 51.0 Å². The van der Waals surface area contributed by atoms with Gasteiger partial charge in [0.05, 0.1) is 28.8 Å². The SMILES string of the molecule is CN(Cc1cscn1)C(=O)Cn1c(C2CCCCC2)nc2ccccc21. The zero-order valence-corrected chi connectivity index (χ0v) is 15.9. The molecule has 0 unspecified atom stereocenters. The number of nitrogens with zero attached hydrogens (tertiary/aromatic N) is 4. The molecule has 0 atom stereocenters. The first kappa shape index (κ1) is 17.2. The number of carbonyl (C=O) groups excluding carboxylic acids is 1. The number of imidazole rings is 1. The second-order valence-electron chi connectivity index (χ2n) is 7.11. The van der Waals surface area contributed by atoms with Crippen molar-refractivity contribution >= 4 is 28.3 Å². The van der Waals surface area contributed by atoms with Crippen molar-refractivity contribution in [3.63, 3.8) is 0 Å². The van der Waals surface area contributed by atoms with E-state index in [-0.39, 0.29) is 5.91 Å². The molecule has 0 N–H and O–H groups in total. The van der Waals surface area contributed by atoms with E-state index in [9.17, 15) is 4.79 Å². The Kier molecular flexibility index (Phi) is 5.02. The molecule has 1 saturated carbocycles. The van der Waals surface area contributed by atoms with Crippen molar-refractivity contribution in [2.45, 2.75) is 51.1 Å². The van der Waals surface area contributed by atoms with Crippen molar-refractivity contribution in [1.82, 2.24) is 19.4 Å². The highest BCUT2D eigenvalue weighted by molar-refractivity contribution is 7.07. The molecular weight excluding hydrogens is 344 g/mol. The van der Waals surface area contributed by atoms with Crippen LogP contribution in [0.25, 0.3) is 11.0 Å². The lowest BCUT2D eigenvalue weighted by atomic mass is 9.88. The quantitative estimate of drug-likeness (QED) is 0.678. The first-order valence-electron chi connectivity index (χ1n) is 9.28. The van der Waals surface area contributed by atoms with Gasteiger partial charge in [0.1, 0.15) is 12.4 Å². The third-order valence-electron chi connectivity index (χ3n) is 5.26. The number of para-hydroxylation sites is 2. The molecule has 5 nitrogen and oxygen atoms in total. The summed E-state index contributed by atoms with van der Waals surface area (Å²) in [6.45, 7) is 0.890. The van der Waals surface area contributed by atoms with Gasteiger partial charge in [-0.15, -0.1) is 11.3 Å². The second kappa shape index (κ2) is 7.58. The Labute approximate surface area is 157 Å². The van der Waals surface area contributed by atoms with Gasteiger partial charge < -0.3 is 9.47 Å². The fourth-order valence-corrected chi connectivity index (χ4v) is 4.39. The summed E-state index contributed by atoms with van der Waals surface area (Å²) in [6, 6.07) is 8.15. The molecule has 2 heterocycles. The number of fused-ring (bicyclic) bond motifs is 1. The van der Waals surface area contributed by atoms with Crippen molar-refractivity contribution in [1.29, 1.82) is 0 Å². The molecule has 4 rings (SSSR count). The molecule has 1 aliphatic rings. The molecule has 2 aromatic heterocycles. The smallest absolute Gasteiger partial charge is 0.242 e. The van der Waals surface area contributed by atoms with Gasteiger partial charge in [-0.05, 0) is 25.0 Å². The van der Waals surface area contributed by atoms with Crippen LogP contribution in [-0.2, 0) is 17.9 Å². The molecule has 1 aromatic carbocycles. The maximum absolute atomic E-state index is 12.9. The number of hydrogen-bond donors (Lipinski definition) is 0. The van der Waals surface area contributed by atoms with Crippen molar-refractivity contribution < 1.29 is 4.79 Å². The molecule has 136 valence electrons. The molecule has 0 aliphatic heterocycles. The van der Waals surface area contributed by atoms with E-state index in [0.29, 0.717) is 19.0 Å². The highest BCUT2D eigenvalue weighted by Crippen LogP contribution is 2.34. The standard InChI is InChI=1S/C20H24N4OS/c1-23(11-16-13-26-14-21-16)19(25)12-24-18-10-6-5-9-17(18)22-20(24)15-7-3-2-4-8-15/h5-6,9-10,13-15H,2-4,7-8,11-12H2,1H3. The Morgan fingerprint density at radius 3 is 2.85 bits per heavy atom. The van der Waals surface area contributed by atoms with E-state index in [4.69, 9.17) is 4.98 Å². The Balaban J connectivity index is 1.60. The Hall–Kier alpha value is -2.21. The van der Waals surface area contributed by atoms with Crippen LogP contribution in [0.1, 0.15) is 49.5 Å². The second-order valence-corrected chi connectivity index (χ2v) is 7.83. The summed E-state index contributed by atoms with van der Waals surface area (Å²) in [6.07, 6.45) is 6.17. The van der Waals surface area contributed by atoms with Gasteiger partial charge in [0, 0.05) is 18.3 Å². The van der Waals surface area contributed by atoms with Gasteiger partial charge in [-0.2, -0.15) is 0 Å². The summed E-state index contributed by atoms with van der Waals surface area (Å²) in [5, 5.41) is 1.99. The monoisotopic (exact) mass is 368 g/mol. The van der Waals surface area contributed by atoms with Gasteiger partial charge >= 0.3 is 0 Å². The minimum Gasteiger partial charge on any atom is -0.338 e. The third kappa shape index (κ3) is 3.51. The zero-order chi connectivity index (χ0) is 17.9. The number of rotatable bonds is 5. The number of carbonyl (C=O) groups is 1. The van der Waals surface area contributed by atoms with Crippen LogP contribution in [-0.4, -0.2) is 32.4 Å². The summed E-state index contributed by atoms with van der Waals surface area (Å²) >= 11 is 1.56. The minimum absolute atomic E-state index is 0.0956. The molecule has 1 aliphatic carbocycles. The first-order chi connectivity index (χ1) is 12.7. The molecule has 0 saturated heterocycles. The highest BCUT2D eigenvalue weighted by Gasteiger charge is 2.24. The van der Waals surface area contributed by atoms with Crippen LogP contribution >= 0.6 is 11.3 Å². The molecule has 0 bridgehead atoms. The maximum Gasteiger partial charge on any atom is 0.242 e. The van der Waals surface area contributed by atoms with Crippen LogP contribution in [0.3, 0.4) is 0 Å². The Morgan fingerprint density at radius 1 is 1.27 bits per heavy atom. The summed E-state index contributed by atoms with van der Waals surface area (Å²) in [4.78, 5) is 23.8. The molecule has 3 aromatic rings. The average molecular weight is 369 g/mol. The van der Waals surface area contributed by atoms with Gasteiger partial charge in [0.2, 0.25) is 5.91 Å². The van der Waals surface area contributed by atoms with Gasteiger partial charge in [-0.1, -0.05) is 31.4 Å². The number of amides is 1. The third-order valence-corrected chi connectivity index (χ3v) is 5.89. The average Bonchev–Trinajstić information content (AvgIpc) is 3.30. The number of benzene rings is 1. The predicted molar refractivity (Wildman–Crippen MR) is 104 cm³/mol. The van der Waals surface area contributed by atoms with Crippen molar-refractivity contribution in [3.05, 3.63) is 46.7 Å². The molecule has 26 heavy (non-hydrogen) atoms. The van der Waals surface area contributed by atoms with E-state index < -0.39 is 0 Å². The molecule has 1 amide bonds. The van der Waals surface area contributed by atoms with Crippen molar-refractivity contribution in [3.8, 4) is 0 Å². The van der Waals surface area contributed by atoms with E-state index in [1.165, 1.54) is 32.1 Å². The Morgan fingerprint density at radius 2 is 2.08 bits per heavy atom. The molecule has 0 radical (unpaired) electrons. The van der Waals surface area contributed by atoms with Gasteiger partial charge in [-0.25, -0.2) is 9.97 Å². The first-order valence-corrected chi connectivity index (χ1v) is 10.2. The van der Waals surface area contributed by atoms with Crippen LogP contribution in [0.4, 0.5) is 0 Å². The number of thiazole rings is 1. The fraction of sp³-hybridized carbons (Fsp3) is 0.450. The lowest BCUT2D eigenvalue weighted by Gasteiger charge is -2.23. The maximum atomic E-state index is 12.9. The molecule has 1 fully saturated rings. The highest BCUT2D eigenvalue weighted by atomic mass is 32.1. The van der Waals surface area contributed by atoms with E-state index >= 15 is 0 Å². The molecule has 0 spiro atoms. The van der Waals surface area contributed by atoms with E-state index in [0.717, 1.165) is 22.6 Å². The number of likely N-dealkylation sites (N-methyl/N-ethyl adjacent to an activating group) is 1. The lowest BCUT2D eigenvalue weighted by molar-refractivity contribution is -0.131. The lowest BCUT2D eigenvalue weighted by Crippen LogP contribution is -2.30. The molecular formula is C20H24N4OS. The van der Waals surface area contributed by atoms with Crippen LogP contribution in [0, 0.1) is 0 Å². The van der Waals surface area contributed by atoms with E-state index in [2.05, 4.69) is 15.6 Å². The van der Waals surface area contributed by atoms with Gasteiger partial charge in [0.25, 0.3) is 0 Å². The minimum atomic E-state index is 0.0956. The zero-order valence-electron chi connectivity index (χ0n) is 15.1.